The molecular formula is C23H23ClN2O3. The van der Waals surface area contributed by atoms with Crippen LogP contribution in [0.25, 0.3) is 11.6 Å². The van der Waals surface area contributed by atoms with Crippen molar-refractivity contribution in [3.05, 3.63) is 82.4 Å². The van der Waals surface area contributed by atoms with Crippen LogP contribution in [0.2, 0.25) is 5.02 Å². The minimum atomic E-state index is -1.05. The van der Waals surface area contributed by atoms with Gasteiger partial charge in [-0.3, -0.25) is 0 Å². The third-order valence-corrected chi connectivity index (χ3v) is 5.08. The molecule has 0 aliphatic rings. The van der Waals surface area contributed by atoms with Crippen LogP contribution in [0.15, 0.2) is 54.7 Å². The Kier molecular flexibility index (Phi) is 6.73. The second-order valence-corrected chi connectivity index (χ2v) is 7.20. The fourth-order valence-electron chi connectivity index (χ4n) is 3.12. The summed E-state index contributed by atoms with van der Waals surface area (Å²) in [4.78, 5) is 16.5. The molecule has 6 heteroatoms. The average Bonchev–Trinajstić information content (AvgIpc) is 3.08. The monoisotopic (exact) mass is 410 g/mol. The lowest BCUT2D eigenvalue weighted by atomic mass is 10.0. The Morgan fingerprint density at radius 3 is 2.55 bits per heavy atom. The van der Waals surface area contributed by atoms with Crippen molar-refractivity contribution in [3.63, 3.8) is 0 Å². The Morgan fingerprint density at radius 2 is 1.90 bits per heavy atom. The number of rotatable bonds is 8. The number of carboxylic acids is 1. The highest BCUT2D eigenvalue weighted by molar-refractivity contribution is 6.31. The van der Waals surface area contributed by atoms with E-state index < -0.39 is 5.97 Å². The molecule has 2 aromatic carbocycles. The number of hydrogen-bond acceptors (Lipinski definition) is 3. The van der Waals surface area contributed by atoms with Crippen molar-refractivity contribution in [1.29, 1.82) is 0 Å². The smallest absolute Gasteiger partial charge is 0.336 e. The van der Waals surface area contributed by atoms with E-state index in [-0.39, 0.29) is 11.3 Å². The normalized spacial score (nSPS) is 11.6. The standard InChI is InChI=1S/C23H23ClN2O3/c1-2-3-8-22-25-14-18(26(22)15-17-6-4-5-7-21(17)24)13-20(23(28)29)16-9-11-19(27)12-10-16/h4-7,9-14,27H,2-3,8,15H2,1H3,(H,28,29)/b20-13+. The van der Waals surface area contributed by atoms with Gasteiger partial charge in [0.1, 0.15) is 11.6 Å². The minimum Gasteiger partial charge on any atom is -0.508 e. The molecule has 0 aliphatic heterocycles. The van der Waals surface area contributed by atoms with Gasteiger partial charge in [-0.05, 0) is 41.8 Å². The summed E-state index contributed by atoms with van der Waals surface area (Å²) in [5.74, 6) is -0.0612. The number of aromatic hydroxyl groups is 1. The molecule has 2 N–H and O–H groups in total. The van der Waals surface area contributed by atoms with Crippen LogP contribution < -0.4 is 0 Å². The molecular weight excluding hydrogens is 388 g/mol. The molecule has 0 bridgehead atoms. The van der Waals surface area contributed by atoms with Crippen molar-refractivity contribution in [2.24, 2.45) is 0 Å². The Labute approximate surface area is 174 Å². The minimum absolute atomic E-state index is 0.0871. The molecule has 0 amide bonds. The van der Waals surface area contributed by atoms with E-state index in [4.69, 9.17) is 11.6 Å². The second kappa shape index (κ2) is 9.43. The predicted octanol–water partition coefficient (Wildman–Crippen LogP) is 5.26. The largest absolute Gasteiger partial charge is 0.508 e. The average molecular weight is 411 g/mol. The summed E-state index contributed by atoms with van der Waals surface area (Å²) in [7, 11) is 0. The van der Waals surface area contributed by atoms with Gasteiger partial charge >= 0.3 is 5.97 Å². The molecule has 0 saturated heterocycles. The van der Waals surface area contributed by atoms with Crippen molar-refractivity contribution in [2.75, 3.05) is 0 Å². The van der Waals surface area contributed by atoms with E-state index in [9.17, 15) is 15.0 Å². The van der Waals surface area contributed by atoms with Crippen LogP contribution in [0.3, 0.4) is 0 Å². The van der Waals surface area contributed by atoms with Crippen molar-refractivity contribution < 1.29 is 15.0 Å². The fourth-order valence-corrected chi connectivity index (χ4v) is 3.31. The van der Waals surface area contributed by atoms with E-state index in [1.54, 1.807) is 24.4 Å². The molecule has 0 saturated carbocycles. The lowest BCUT2D eigenvalue weighted by molar-refractivity contribution is -0.130. The number of unbranched alkanes of at least 4 members (excludes halogenated alkanes) is 1. The molecule has 1 aromatic heterocycles. The maximum Gasteiger partial charge on any atom is 0.336 e. The second-order valence-electron chi connectivity index (χ2n) is 6.79. The number of aryl methyl sites for hydroxylation is 1. The van der Waals surface area contributed by atoms with E-state index >= 15 is 0 Å². The van der Waals surface area contributed by atoms with Crippen molar-refractivity contribution in [2.45, 2.75) is 32.7 Å². The van der Waals surface area contributed by atoms with E-state index in [0.29, 0.717) is 22.8 Å². The molecule has 1 heterocycles. The number of carbonyl (C=O) groups is 1. The first kappa shape index (κ1) is 20.7. The molecule has 3 rings (SSSR count). The predicted molar refractivity (Wildman–Crippen MR) is 115 cm³/mol. The molecule has 3 aromatic rings. The third kappa shape index (κ3) is 5.06. The van der Waals surface area contributed by atoms with Gasteiger partial charge in [-0.25, -0.2) is 9.78 Å². The van der Waals surface area contributed by atoms with Crippen LogP contribution >= 0.6 is 11.6 Å². The van der Waals surface area contributed by atoms with Crippen LogP contribution in [0.5, 0.6) is 5.75 Å². The number of carboxylic acid groups (broad SMARTS) is 1. The molecule has 0 radical (unpaired) electrons. The Bertz CT molecular complexity index is 1020. The summed E-state index contributed by atoms with van der Waals surface area (Å²) in [6.45, 7) is 2.63. The molecule has 0 unspecified atom stereocenters. The van der Waals surface area contributed by atoms with Crippen molar-refractivity contribution >= 4 is 29.2 Å². The van der Waals surface area contributed by atoms with Gasteiger partial charge in [0, 0.05) is 11.4 Å². The Hall–Kier alpha value is -3.05. The van der Waals surface area contributed by atoms with E-state index in [2.05, 4.69) is 11.9 Å². The summed E-state index contributed by atoms with van der Waals surface area (Å²) in [6.07, 6.45) is 6.15. The number of phenols is 1. The summed E-state index contributed by atoms with van der Waals surface area (Å²) in [5, 5.41) is 19.9. The van der Waals surface area contributed by atoms with Gasteiger partial charge < -0.3 is 14.8 Å². The first-order valence-electron chi connectivity index (χ1n) is 9.51. The summed E-state index contributed by atoms with van der Waals surface area (Å²) < 4.78 is 2.01. The maximum absolute atomic E-state index is 11.9. The van der Waals surface area contributed by atoms with Gasteiger partial charge in [0.25, 0.3) is 0 Å². The fraction of sp³-hybridized carbons (Fsp3) is 0.217. The number of benzene rings is 2. The number of phenolic OH excluding ortho intramolecular Hbond substituents is 1. The zero-order chi connectivity index (χ0) is 20.8. The van der Waals surface area contributed by atoms with E-state index in [0.717, 1.165) is 30.7 Å². The lowest BCUT2D eigenvalue weighted by Crippen LogP contribution is -2.08. The van der Waals surface area contributed by atoms with Gasteiger partial charge in [-0.1, -0.05) is 55.3 Å². The van der Waals surface area contributed by atoms with Crippen LogP contribution in [0.1, 0.15) is 42.4 Å². The van der Waals surface area contributed by atoms with Gasteiger partial charge in [0.2, 0.25) is 0 Å². The molecule has 0 aliphatic carbocycles. The first-order chi connectivity index (χ1) is 14.0. The molecule has 0 atom stereocenters. The van der Waals surface area contributed by atoms with Gasteiger partial charge in [0.05, 0.1) is 24.0 Å². The van der Waals surface area contributed by atoms with Crippen LogP contribution in [0.4, 0.5) is 0 Å². The van der Waals surface area contributed by atoms with Gasteiger partial charge in [0.15, 0.2) is 0 Å². The zero-order valence-electron chi connectivity index (χ0n) is 16.2. The van der Waals surface area contributed by atoms with Crippen LogP contribution in [-0.2, 0) is 17.8 Å². The lowest BCUT2D eigenvalue weighted by Gasteiger charge is -2.12. The zero-order valence-corrected chi connectivity index (χ0v) is 16.9. The summed E-state index contributed by atoms with van der Waals surface area (Å²) in [5.41, 5.74) is 2.28. The number of nitrogens with zero attached hydrogens (tertiary/aromatic N) is 2. The number of hydrogen-bond donors (Lipinski definition) is 2. The van der Waals surface area contributed by atoms with Crippen molar-refractivity contribution in [1.82, 2.24) is 9.55 Å². The number of aromatic nitrogens is 2. The SMILES string of the molecule is CCCCc1ncc(/C=C(/C(=O)O)c2ccc(O)cc2)n1Cc1ccccc1Cl. The highest BCUT2D eigenvalue weighted by atomic mass is 35.5. The van der Waals surface area contributed by atoms with E-state index in [1.807, 2.05) is 28.8 Å². The Balaban J connectivity index is 2.06. The number of halogens is 1. The number of imidazole rings is 1. The summed E-state index contributed by atoms with van der Waals surface area (Å²) >= 11 is 6.35. The highest BCUT2D eigenvalue weighted by Gasteiger charge is 2.15. The van der Waals surface area contributed by atoms with E-state index in [1.165, 1.54) is 12.1 Å². The van der Waals surface area contributed by atoms with Crippen LogP contribution in [-0.4, -0.2) is 25.7 Å². The van der Waals surface area contributed by atoms with Crippen LogP contribution in [0, 0.1) is 0 Å². The van der Waals surface area contributed by atoms with Gasteiger partial charge in [-0.15, -0.1) is 0 Å². The number of aliphatic carboxylic acids is 1. The molecule has 29 heavy (non-hydrogen) atoms. The van der Waals surface area contributed by atoms with Crippen molar-refractivity contribution in [3.8, 4) is 5.75 Å². The first-order valence-corrected chi connectivity index (χ1v) is 9.89. The quantitative estimate of drug-likeness (QED) is 0.497. The summed E-state index contributed by atoms with van der Waals surface area (Å²) in [6, 6.07) is 13.7. The molecule has 5 nitrogen and oxygen atoms in total. The highest BCUT2D eigenvalue weighted by Crippen LogP contribution is 2.24. The molecule has 0 spiro atoms. The Morgan fingerprint density at radius 1 is 1.17 bits per heavy atom. The molecule has 0 fully saturated rings. The third-order valence-electron chi connectivity index (χ3n) is 4.71. The maximum atomic E-state index is 11.9. The topological polar surface area (TPSA) is 75.3 Å². The van der Waals surface area contributed by atoms with Gasteiger partial charge in [-0.2, -0.15) is 0 Å². The molecule has 150 valence electrons.